The van der Waals surface area contributed by atoms with Crippen molar-refractivity contribution in [3.05, 3.63) is 28.7 Å². The minimum atomic E-state index is -0.0264. The number of hydrogen-bond donors (Lipinski definition) is 0. The van der Waals surface area contributed by atoms with Gasteiger partial charge in [-0.1, -0.05) is 22.0 Å². The van der Waals surface area contributed by atoms with Crippen LogP contribution in [0.1, 0.15) is 13.3 Å². The normalized spacial score (nSPS) is 21.7. The molecule has 1 unspecified atom stereocenters. The van der Waals surface area contributed by atoms with Gasteiger partial charge in [0.25, 0.3) is 5.91 Å². The average Bonchev–Trinajstić information content (AvgIpc) is 2.45. The zero-order valence-corrected chi connectivity index (χ0v) is 9.32. The first-order valence-electron chi connectivity index (χ1n) is 4.42. The van der Waals surface area contributed by atoms with Crippen molar-refractivity contribution in [3.63, 3.8) is 0 Å². The molecule has 14 heavy (non-hydrogen) atoms. The Hall–Kier alpha value is -0.870. The van der Waals surface area contributed by atoms with Gasteiger partial charge in [-0.05, 0) is 25.1 Å². The summed E-state index contributed by atoms with van der Waals surface area (Å²) in [6.45, 7) is 1.88. The van der Waals surface area contributed by atoms with Gasteiger partial charge in [-0.3, -0.25) is 9.63 Å². The third kappa shape index (κ3) is 1.81. The van der Waals surface area contributed by atoms with Crippen LogP contribution in [0.3, 0.4) is 0 Å². The van der Waals surface area contributed by atoms with E-state index in [1.165, 1.54) is 5.06 Å². The summed E-state index contributed by atoms with van der Waals surface area (Å²) >= 11 is 3.35. The summed E-state index contributed by atoms with van der Waals surface area (Å²) in [6.07, 6.45) is 0.425. The molecule has 0 aromatic heterocycles. The molecule has 4 heteroatoms. The molecular weight excluding hydrogens is 246 g/mol. The van der Waals surface area contributed by atoms with Crippen LogP contribution < -0.4 is 5.06 Å². The minimum absolute atomic E-state index is 0.00981. The molecule has 1 atom stereocenters. The van der Waals surface area contributed by atoms with Crippen molar-refractivity contribution in [2.75, 3.05) is 5.06 Å². The van der Waals surface area contributed by atoms with Gasteiger partial charge >= 0.3 is 0 Å². The van der Waals surface area contributed by atoms with Gasteiger partial charge in [0.15, 0.2) is 0 Å². The van der Waals surface area contributed by atoms with Gasteiger partial charge in [-0.25, -0.2) is 0 Å². The fourth-order valence-corrected chi connectivity index (χ4v) is 1.80. The van der Waals surface area contributed by atoms with E-state index in [9.17, 15) is 4.79 Å². The van der Waals surface area contributed by atoms with Crippen molar-refractivity contribution in [1.82, 2.24) is 0 Å². The summed E-state index contributed by atoms with van der Waals surface area (Å²) in [5.74, 6) is 0.00981. The van der Waals surface area contributed by atoms with Crippen LogP contribution in [0.4, 0.5) is 5.69 Å². The first-order chi connectivity index (χ1) is 6.66. The summed E-state index contributed by atoms with van der Waals surface area (Å²) in [5, 5.41) is 1.36. The second-order valence-electron chi connectivity index (χ2n) is 3.29. The number of carbonyl (C=O) groups excluding carboxylic acids is 1. The lowest BCUT2D eigenvalue weighted by Crippen LogP contribution is -2.22. The first-order valence-corrected chi connectivity index (χ1v) is 5.21. The highest BCUT2D eigenvalue weighted by Crippen LogP contribution is 2.25. The number of anilines is 1. The van der Waals surface area contributed by atoms with Gasteiger partial charge in [0.05, 0.1) is 18.2 Å². The lowest BCUT2D eigenvalue weighted by molar-refractivity contribution is -0.119. The molecule has 0 spiro atoms. The molecule has 2 rings (SSSR count). The third-order valence-electron chi connectivity index (χ3n) is 2.02. The van der Waals surface area contributed by atoms with Crippen molar-refractivity contribution < 1.29 is 9.63 Å². The molecule has 74 valence electrons. The van der Waals surface area contributed by atoms with Gasteiger partial charge in [0.2, 0.25) is 0 Å². The summed E-state index contributed by atoms with van der Waals surface area (Å²) in [4.78, 5) is 16.9. The van der Waals surface area contributed by atoms with Crippen LogP contribution in [0.5, 0.6) is 0 Å². The van der Waals surface area contributed by atoms with Crippen molar-refractivity contribution >= 4 is 27.5 Å². The van der Waals surface area contributed by atoms with Gasteiger partial charge in [-0.15, -0.1) is 0 Å². The second-order valence-corrected chi connectivity index (χ2v) is 4.20. The highest BCUT2D eigenvalue weighted by Gasteiger charge is 2.29. The number of halogens is 1. The molecule has 0 bridgehead atoms. The highest BCUT2D eigenvalue weighted by molar-refractivity contribution is 9.10. The van der Waals surface area contributed by atoms with E-state index in [2.05, 4.69) is 15.9 Å². The van der Waals surface area contributed by atoms with Crippen molar-refractivity contribution in [1.29, 1.82) is 0 Å². The van der Waals surface area contributed by atoms with Gasteiger partial charge in [-0.2, -0.15) is 5.06 Å². The predicted octanol–water partition coefficient (Wildman–Crippen LogP) is 2.51. The fourth-order valence-electron chi connectivity index (χ4n) is 1.41. The Morgan fingerprint density at radius 1 is 1.57 bits per heavy atom. The average molecular weight is 256 g/mol. The van der Waals surface area contributed by atoms with Crippen LogP contribution in [0.15, 0.2) is 28.7 Å². The predicted molar refractivity (Wildman–Crippen MR) is 56.8 cm³/mol. The molecule has 1 aliphatic rings. The van der Waals surface area contributed by atoms with Crippen LogP contribution in [-0.4, -0.2) is 12.0 Å². The van der Waals surface area contributed by atoms with E-state index in [1.807, 2.05) is 31.2 Å². The largest absolute Gasteiger partial charge is 0.272 e. The fraction of sp³-hybridized carbons (Fsp3) is 0.300. The number of nitrogens with zero attached hydrogens (tertiary/aromatic N) is 1. The quantitative estimate of drug-likeness (QED) is 0.772. The van der Waals surface area contributed by atoms with E-state index < -0.39 is 0 Å². The van der Waals surface area contributed by atoms with E-state index in [0.717, 1.165) is 10.2 Å². The Bertz CT molecular complexity index is 367. The molecule has 0 radical (unpaired) electrons. The van der Waals surface area contributed by atoms with Crippen molar-refractivity contribution in [2.45, 2.75) is 19.4 Å². The molecule has 1 heterocycles. The van der Waals surface area contributed by atoms with Gasteiger partial charge in [0, 0.05) is 4.47 Å². The van der Waals surface area contributed by atoms with Crippen LogP contribution in [-0.2, 0) is 9.63 Å². The van der Waals surface area contributed by atoms with Gasteiger partial charge < -0.3 is 0 Å². The zero-order valence-electron chi connectivity index (χ0n) is 7.74. The number of amides is 1. The Balaban J connectivity index is 2.27. The van der Waals surface area contributed by atoms with Crippen LogP contribution >= 0.6 is 15.9 Å². The molecule has 1 saturated heterocycles. The molecular formula is C10H10BrNO2. The van der Waals surface area contributed by atoms with E-state index in [4.69, 9.17) is 4.84 Å². The maximum Gasteiger partial charge on any atom is 0.253 e. The number of carbonyl (C=O) groups is 1. The van der Waals surface area contributed by atoms with E-state index in [1.54, 1.807) is 0 Å². The number of rotatable bonds is 1. The van der Waals surface area contributed by atoms with Crippen LogP contribution in [0.25, 0.3) is 0 Å². The molecule has 0 N–H and O–H groups in total. The first kappa shape index (κ1) is 9.68. The zero-order chi connectivity index (χ0) is 10.1. The number of benzene rings is 1. The van der Waals surface area contributed by atoms with E-state index >= 15 is 0 Å². The van der Waals surface area contributed by atoms with Crippen LogP contribution in [0.2, 0.25) is 0 Å². The summed E-state index contributed by atoms with van der Waals surface area (Å²) < 4.78 is 0.936. The van der Waals surface area contributed by atoms with E-state index in [-0.39, 0.29) is 12.0 Å². The molecule has 1 aromatic carbocycles. The Labute approximate surface area is 90.7 Å². The van der Waals surface area contributed by atoms with Crippen molar-refractivity contribution in [2.24, 2.45) is 0 Å². The summed E-state index contributed by atoms with van der Waals surface area (Å²) in [5.41, 5.74) is 0.772. The lowest BCUT2D eigenvalue weighted by atomic mass is 10.3. The summed E-state index contributed by atoms with van der Waals surface area (Å²) in [7, 11) is 0. The topological polar surface area (TPSA) is 29.5 Å². The van der Waals surface area contributed by atoms with Crippen LogP contribution in [0, 0.1) is 0 Å². The van der Waals surface area contributed by atoms with Crippen molar-refractivity contribution in [3.8, 4) is 0 Å². The number of hydroxylamine groups is 1. The molecule has 1 fully saturated rings. The maximum absolute atomic E-state index is 11.5. The maximum atomic E-state index is 11.5. The highest BCUT2D eigenvalue weighted by atomic mass is 79.9. The Kier molecular flexibility index (Phi) is 2.56. The second kappa shape index (κ2) is 3.71. The molecule has 1 amide bonds. The smallest absolute Gasteiger partial charge is 0.253 e. The Morgan fingerprint density at radius 2 is 2.36 bits per heavy atom. The molecule has 0 aliphatic carbocycles. The molecule has 1 aliphatic heterocycles. The summed E-state index contributed by atoms with van der Waals surface area (Å²) in [6, 6.07) is 7.49. The Morgan fingerprint density at radius 3 is 2.93 bits per heavy atom. The van der Waals surface area contributed by atoms with Gasteiger partial charge in [0.1, 0.15) is 0 Å². The standard InChI is InChI=1S/C10H10BrNO2/c1-7-5-10(13)12(14-7)9-4-2-3-8(11)6-9/h2-4,6-7H,5H2,1H3. The van der Waals surface area contributed by atoms with E-state index in [0.29, 0.717) is 6.42 Å². The molecule has 0 saturated carbocycles. The minimum Gasteiger partial charge on any atom is -0.272 e. The SMILES string of the molecule is CC1CC(=O)N(c2cccc(Br)c2)O1. The lowest BCUT2D eigenvalue weighted by Gasteiger charge is -2.14. The number of hydrogen-bond acceptors (Lipinski definition) is 2. The molecule has 1 aromatic rings. The monoisotopic (exact) mass is 255 g/mol. The molecule has 3 nitrogen and oxygen atoms in total. The third-order valence-corrected chi connectivity index (χ3v) is 2.51.